The molecule has 122 valence electrons. The summed E-state index contributed by atoms with van der Waals surface area (Å²) >= 11 is 1.40. The van der Waals surface area contributed by atoms with Crippen LogP contribution in [0.4, 0.5) is 5.82 Å². The second-order valence-corrected chi connectivity index (χ2v) is 6.62. The fourth-order valence-corrected chi connectivity index (χ4v) is 4.00. The SMILES string of the molecule is C#CC(=O)N(c1csc(-c2ccccc2)n1)C1(C(N)=O)CCCC1. The van der Waals surface area contributed by atoms with Gasteiger partial charge in [0.2, 0.25) is 5.91 Å². The molecule has 0 saturated heterocycles. The van der Waals surface area contributed by atoms with E-state index in [0.29, 0.717) is 18.7 Å². The molecule has 0 atom stereocenters. The fraction of sp³-hybridized carbons (Fsp3) is 0.278. The van der Waals surface area contributed by atoms with E-state index in [2.05, 4.69) is 10.9 Å². The number of hydrogen-bond donors (Lipinski definition) is 1. The molecule has 24 heavy (non-hydrogen) atoms. The van der Waals surface area contributed by atoms with Crippen molar-refractivity contribution in [2.45, 2.75) is 31.2 Å². The molecule has 0 radical (unpaired) electrons. The average molecular weight is 339 g/mol. The largest absolute Gasteiger partial charge is 0.368 e. The highest BCUT2D eigenvalue weighted by molar-refractivity contribution is 7.13. The van der Waals surface area contributed by atoms with Gasteiger partial charge in [-0.1, -0.05) is 43.2 Å². The molecular formula is C18H17N3O2S. The molecule has 1 aliphatic carbocycles. The molecule has 2 N–H and O–H groups in total. The minimum absolute atomic E-state index is 0.391. The lowest BCUT2D eigenvalue weighted by molar-refractivity contribution is -0.126. The van der Waals surface area contributed by atoms with Crippen molar-refractivity contribution in [1.29, 1.82) is 0 Å². The van der Waals surface area contributed by atoms with Gasteiger partial charge in [-0.3, -0.25) is 14.5 Å². The number of amides is 2. The van der Waals surface area contributed by atoms with Crippen molar-refractivity contribution < 1.29 is 9.59 Å². The predicted octanol–water partition coefficient (Wildman–Crippen LogP) is 2.57. The standard InChI is InChI=1S/C18H17N3O2S/c1-2-15(22)21(18(17(19)23)10-6-7-11-18)14-12-24-16(20-14)13-8-4-3-5-9-13/h1,3-5,8-9,12H,6-7,10-11H2,(H2,19,23). The van der Waals surface area contributed by atoms with Crippen molar-refractivity contribution in [3.05, 3.63) is 35.7 Å². The zero-order valence-electron chi connectivity index (χ0n) is 13.1. The zero-order chi connectivity index (χ0) is 17.2. The van der Waals surface area contributed by atoms with Crippen LogP contribution in [-0.4, -0.2) is 22.3 Å². The molecule has 6 heteroatoms. The third-order valence-electron chi connectivity index (χ3n) is 4.39. The van der Waals surface area contributed by atoms with Gasteiger partial charge in [0, 0.05) is 10.9 Å². The molecule has 0 spiro atoms. The number of carbonyl (C=O) groups is 2. The van der Waals surface area contributed by atoms with Crippen molar-refractivity contribution in [3.8, 4) is 22.9 Å². The van der Waals surface area contributed by atoms with Gasteiger partial charge in [0.25, 0.3) is 0 Å². The number of primary amides is 1. The number of thiazole rings is 1. The molecule has 1 aromatic carbocycles. The van der Waals surface area contributed by atoms with Gasteiger partial charge < -0.3 is 5.73 Å². The van der Waals surface area contributed by atoms with Crippen LogP contribution in [0.1, 0.15) is 25.7 Å². The van der Waals surface area contributed by atoms with Crippen molar-refractivity contribution in [3.63, 3.8) is 0 Å². The van der Waals surface area contributed by atoms with Gasteiger partial charge in [0.1, 0.15) is 16.4 Å². The first-order chi connectivity index (χ1) is 11.6. The molecular weight excluding hydrogens is 322 g/mol. The highest BCUT2D eigenvalue weighted by Gasteiger charge is 2.48. The van der Waals surface area contributed by atoms with Crippen molar-refractivity contribution >= 4 is 29.0 Å². The Bertz CT molecular complexity index is 801. The Hall–Kier alpha value is -2.65. The van der Waals surface area contributed by atoms with Crippen LogP contribution in [0.3, 0.4) is 0 Å². The van der Waals surface area contributed by atoms with E-state index in [-0.39, 0.29) is 0 Å². The molecule has 0 aliphatic heterocycles. The maximum Gasteiger partial charge on any atom is 0.304 e. The second-order valence-electron chi connectivity index (χ2n) is 5.76. The Labute approximate surface area is 144 Å². The Morgan fingerprint density at radius 1 is 1.25 bits per heavy atom. The van der Waals surface area contributed by atoms with Crippen LogP contribution in [-0.2, 0) is 9.59 Å². The number of terminal acetylenes is 1. The van der Waals surface area contributed by atoms with Gasteiger partial charge in [-0.2, -0.15) is 0 Å². The average Bonchev–Trinajstić information content (AvgIpc) is 3.26. The van der Waals surface area contributed by atoms with Crippen molar-refractivity contribution in [1.82, 2.24) is 4.98 Å². The monoisotopic (exact) mass is 339 g/mol. The Morgan fingerprint density at radius 2 is 1.92 bits per heavy atom. The van der Waals surface area contributed by atoms with E-state index in [9.17, 15) is 9.59 Å². The number of anilines is 1. The summed E-state index contributed by atoms with van der Waals surface area (Å²) in [5.41, 5.74) is 5.52. The maximum atomic E-state index is 12.4. The summed E-state index contributed by atoms with van der Waals surface area (Å²) in [6, 6.07) is 9.64. The summed E-state index contributed by atoms with van der Waals surface area (Å²) in [4.78, 5) is 30.4. The number of hydrogen-bond acceptors (Lipinski definition) is 4. The number of benzene rings is 1. The first-order valence-corrected chi connectivity index (χ1v) is 8.58. The van der Waals surface area contributed by atoms with Crippen LogP contribution < -0.4 is 10.6 Å². The van der Waals surface area contributed by atoms with E-state index in [1.807, 2.05) is 30.3 Å². The summed E-state index contributed by atoms with van der Waals surface area (Å²) in [6.07, 6.45) is 8.01. The van der Waals surface area contributed by atoms with E-state index in [0.717, 1.165) is 23.4 Å². The molecule has 5 nitrogen and oxygen atoms in total. The molecule has 2 amide bonds. The van der Waals surface area contributed by atoms with Gasteiger partial charge >= 0.3 is 5.91 Å². The zero-order valence-corrected chi connectivity index (χ0v) is 13.9. The summed E-state index contributed by atoms with van der Waals surface area (Å²) in [7, 11) is 0. The van der Waals surface area contributed by atoms with E-state index < -0.39 is 17.4 Å². The predicted molar refractivity (Wildman–Crippen MR) is 94.3 cm³/mol. The lowest BCUT2D eigenvalue weighted by Crippen LogP contribution is -2.58. The molecule has 1 fully saturated rings. The van der Waals surface area contributed by atoms with E-state index >= 15 is 0 Å². The summed E-state index contributed by atoms with van der Waals surface area (Å²) in [5.74, 6) is 1.39. The lowest BCUT2D eigenvalue weighted by atomic mass is 9.94. The highest BCUT2D eigenvalue weighted by atomic mass is 32.1. The van der Waals surface area contributed by atoms with E-state index in [1.165, 1.54) is 16.2 Å². The molecule has 0 bridgehead atoms. The second kappa shape index (κ2) is 6.46. The number of nitrogens with two attached hydrogens (primary N) is 1. The van der Waals surface area contributed by atoms with Crippen LogP contribution in [0.2, 0.25) is 0 Å². The molecule has 1 saturated carbocycles. The van der Waals surface area contributed by atoms with Crippen molar-refractivity contribution in [2.24, 2.45) is 5.73 Å². The Balaban J connectivity index is 2.05. The minimum atomic E-state index is -1.08. The molecule has 0 unspecified atom stereocenters. The molecule has 1 aromatic heterocycles. The summed E-state index contributed by atoms with van der Waals surface area (Å²) in [5, 5.41) is 2.51. The highest BCUT2D eigenvalue weighted by Crippen LogP contribution is 2.39. The van der Waals surface area contributed by atoms with Gasteiger partial charge in [0.15, 0.2) is 0 Å². The Kier molecular flexibility index (Phi) is 4.36. The summed E-state index contributed by atoms with van der Waals surface area (Å²) < 4.78 is 0. The number of aromatic nitrogens is 1. The van der Waals surface area contributed by atoms with Crippen LogP contribution in [0.5, 0.6) is 0 Å². The topological polar surface area (TPSA) is 76.3 Å². The first-order valence-electron chi connectivity index (χ1n) is 7.70. The van der Waals surface area contributed by atoms with Crippen LogP contribution in [0, 0.1) is 12.3 Å². The van der Waals surface area contributed by atoms with Gasteiger partial charge in [-0.25, -0.2) is 4.98 Å². The Morgan fingerprint density at radius 3 is 2.50 bits per heavy atom. The normalized spacial score (nSPS) is 15.6. The quantitative estimate of drug-likeness (QED) is 0.870. The van der Waals surface area contributed by atoms with Crippen molar-refractivity contribution in [2.75, 3.05) is 4.90 Å². The first kappa shape index (κ1) is 16.2. The van der Waals surface area contributed by atoms with Gasteiger partial charge in [-0.15, -0.1) is 17.8 Å². The minimum Gasteiger partial charge on any atom is -0.368 e. The van der Waals surface area contributed by atoms with E-state index in [1.54, 1.807) is 5.38 Å². The summed E-state index contributed by atoms with van der Waals surface area (Å²) in [6.45, 7) is 0. The third-order valence-corrected chi connectivity index (χ3v) is 5.26. The van der Waals surface area contributed by atoms with Crippen LogP contribution >= 0.6 is 11.3 Å². The van der Waals surface area contributed by atoms with Gasteiger partial charge in [-0.05, 0) is 18.8 Å². The molecule has 1 aliphatic rings. The van der Waals surface area contributed by atoms with Gasteiger partial charge in [0.05, 0.1) is 0 Å². The third kappa shape index (κ3) is 2.68. The number of rotatable bonds is 4. The smallest absolute Gasteiger partial charge is 0.304 e. The van der Waals surface area contributed by atoms with E-state index in [4.69, 9.17) is 12.2 Å². The number of carbonyl (C=O) groups excluding carboxylic acids is 2. The lowest BCUT2D eigenvalue weighted by Gasteiger charge is -2.36. The molecule has 2 aromatic rings. The molecule has 1 heterocycles. The van der Waals surface area contributed by atoms with Crippen LogP contribution in [0.15, 0.2) is 35.7 Å². The number of nitrogens with zero attached hydrogens (tertiary/aromatic N) is 2. The fourth-order valence-electron chi connectivity index (χ4n) is 3.20. The van der Waals surface area contributed by atoms with Crippen LogP contribution in [0.25, 0.3) is 10.6 Å². The maximum absolute atomic E-state index is 12.4. The molecule has 3 rings (SSSR count).